The zero-order valence-electron chi connectivity index (χ0n) is 11.5. The quantitative estimate of drug-likeness (QED) is 0.770. The maximum Gasteiger partial charge on any atom is 0.0615 e. The number of nitrogens with zero attached hydrogens (tertiary/aromatic N) is 1. The molecule has 0 aromatic carbocycles. The molecule has 0 radical (unpaired) electrons. The Labute approximate surface area is 106 Å². The summed E-state index contributed by atoms with van der Waals surface area (Å²) in [6, 6.07) is 0. The molecule has 1 atom stereocenters. The van der Waals surface area contributed by atoms with Gasteiger partial charge in [0.05, 0.1) is 6.61 Å². The smallest absolute Gasteiger partial charge is 0.0615 e. The maximum absolute atomic E-state index is 9.96. The first kappa shape index (κ1) is 13.3. The van der Waals surface area contributed by atoms with Gasteiger partial charge >= 0.3 is 0 Å². The molecule has 1 unspecified atom stereocenters. The first-order chi connectivity index (χ1) is 8.08. The SMILES string of the molecule is CC1(C)CCCC(CO)(N2CCCNCC2)C1. The lowest BCUT2D eigenvalue weighted by Gasteiger charge is -2.50. The Hall–Kier alpha value is -0.120. The number of aliphatic hydroxyl groups excluding tert-OH is 1. The van der Waals surface area contributed by atoms with Crippen molar-refractivity contribution in [2.45, 2.75) is 51.5 Å². The molecule has 0 spiro atoms. The van der Waals surface area contributed by atoms with Crippen LogP contribution in [0, 0.1) is 5.41 Å². The molecule has 1 saturated heterocycles. The second-order valence-electron chi connectivity index (χ2n) is 6.67. The monoisotopic (exact) mass is 240 g/mol. The van der Waals surface area contributed by atoms with E-state index >= 15 is 0 Å². The highest BCUT2D eigenvalue weighted by Crippen LogP contribution is 2.43. The van der Waals surface area contributed by atoms with Crippen LogP contribution >= 0.6 is 0 Å². The van der Waals surface area contributed by atoms with Crippen LogP contribution in [0.5, 0.6) is 0 Å². The number of nitrogens with one attached hydrogen (secondary N) is 1. The minimum absolute atomic E-state index is 0.0633. The molecule has 1 saturated carbocycles. The Bertz CT molecular complexity index is 247. The van der Waals surface area contributed by atoms with Crippen LogP contribution in [0.1, 0.15) is 46.0 Å². The Kier molecular flexibility index (Phi) is 4.11. The van der Waals surface area contributed by atoms with Gasteiger partial charge in [-0.05, 0) is 37.6 Å². The molecule has 0 bridgehead atoms. The van der Waals surface area contributed by atoms with Gasteiger partial charge < -0.3 is 10.4 Å². The van der Waals surface area contributed by atoms with E-state index in [-0.39, 0.29) is 5.54 Å². The summed E-state index contributed by atoms with van der Waals surface area (Å²) in [7, 11) is 0. The number of rotatable bonds is 2. The minimum Gasteiger partial charge on any atom is -0.394 e. The van der Waals surface area contributed by atoms with E-state index in [1.165, 1.54) is 25.7 Å². The van der Waals surface area contributed by atoms with Gasteiger partial charge in [-0.1, -0.05) is 20.3 Å². The van der Waals surface area contributed by atoms with Gasteiger partial charge in [-0.2, -0.15) is 0 Å². The lowest BCUT2D eigenvalue weighted by Crippen LogP contribution is -2.56. The zero-order chi connectivity index (χ0) is 12.4. The fourth-order valence-corrected chi connectivity index (χ4v) is 3.79. The van der Waals surface area contributed by atoms with Crippen molar-refractivity contribution < 1.29 is 5.11 Å². The third-order valence-corrected chi connectivity index (χ3v) is 4.61. The molecular weight excluding hydrogens is 212 g/mol. The second-order valence-corrected chi connectivity index (χ2v) is 6.67. The summed E-state index contributed by atoms with van der Waals surface area (Å²) in [5.74, 6) is 0. The third-order valence-electron chi connectivity index (χ3n) is 4.61. The molecule has 2 rings (SSSR count). The summed E-state index contributed by atoms with van der Waals surface area (Å²) < 4.78 is 0. The molecule has 2 fully saturated rings. The molecule has 3 nitrogen and oxygen atoms in total. The maximum atomic E-state index is 9.96. The lowest BCUT2D eigenvalue weighted by molar-refractivity contribution is -0.0313. The van der Waals surface area contributed by atoms with E-state index in [1.807, 2.05) is 0 Å². The van der Waals surface area contributed by atoms with Crippen molar-refractivity contribution >= 4 is 0 Å². The molecule has 100 valence electrons. The lowest BCUT2D eigenvalue weighted by atomic mass is 9.67. The first-order valence-electron chi connectivity index (χ1n) is 7.15. The van der Waals surface area contributed by atoms with E-state index in [0.29, 0.717) is 12.0 Å². The molecule has 2 N–H and O–H groups in total. The van der Waals surface area contributed by atoms with Crippen LogP contribution in [0.15, 0.2) is 0 Å². The van der Waals surface area contributed by atoms with Crippen LogP contribution in [0.4, 0.5) is 0 Å². The van der Waals surface area contributed by atoms with E-state index in [1.54, 1.807) is 0 Å². The average molecular weight is 240 g/mol. The van der Waals surface area contributed by atoms with Crippen LogP contribution in [0.3, 0.4) is 0 Å². The van der Waals surface area contributed by atoms with Crippen LogP contribution < -0.4 is 5.32 Å². The van der Waals surface area contributed by atoms with E-state index in [4.69, 9.17) is 0 Å². The van der Waals surface area contributed by atoms with Gasteiger partial charge in [-0.3, -0.25) is 4.90 Å². The van der Waals surface area contributed by atoms with Gasteiger partial charge in [0.15, 0.2) is 0 Å². The fourth-order valence-electron chi connectivity index (χ4n) is 3.79. The highest BCUT2D eigenvalue weighted by Gasteiger charge is 2.43. The van der Waals surface area contributed by atoms with E-state index in [9.17, 15) is 5.11 Å². The van der Waals surface area contributed by atoms with Crippen molar-refractivity contribution in [3.8, 4) is 0 Å². The number of aliphatic hydroxyl groups is 1. The number of hydrogen-bond acceptors (Lipinski definition) is 3. The molecule has 1 aliphatic heterocycles. The van der Waals surface area contributed by atoms with Gasteiger partial charge in [-0.25, -0.2) is 0 Å². The Morgan fingerprint density at radius 1 is 1.12 bits per heavy atom. The van der Waals surface area contributed by atoms with Crippen LogP contribution in [-0.4, -0.2) is 48.3 Å². The molecule has 1 heterocycles. The highest BCUT2D eigenvalue weighted by atomic mass is 16.3. The molecule has 3 heteroatoms. The van der Waals surface area contributed by atoms with Crippen LogP contribution in [-0.2, 0) is 0 Å². The van der Waals surface area contributed by atoms with Crippen molar-refractivity contribution in [1.82, 2.24) is 10.2 Å². The van der Waals surface area contributed by atoms with E-state index < -0.39 is 0 Å². The van der Waals surface area contributed by atoms with Crippen molar-refractivity contribution in [2.75, 3.05) is 32.8 Å². The summed E-state index contributed by atoms with van der Waals surface area (Å²) in [5, 5.41) is 13.4. The summed E-state index contributed by atoms with van der Waals surface area (Å²) in [6.45, 7) is 9.47. The van der Waals surface area contributed by atoms with Gasteiger partial charge in [0.1, 0.15) is 0 Å². The molecule has 17 heavy (non-hydrogen) atoms. The van der Waals surface area contributed by atoms with Gasteiger partial charge in [0.25, 0.3) is 0 Å². The summed E-state index contributed by atoms with van der Waals surface area (Å²) in [6.07, 6.45) is 6.10. The van der Waals surface area contributed by atoms with Crippen molar-refractivity contribution in [2.24, 2.45) is 5.41 Å². The van der Waals surface area contributed by atoms with Crippen molar-refractivity contribution in [1.29, 1.82) is 0 Å². The predicted octanol–water partition coefficient (Wildman–Crippen LogP) is 1.61. The topological polar surface area (TPSA) is 35.5 Å². The molecule has 1 aliphatic carbocycles. The average Bonchev–Trinajstić information content (AvgIpc) is 2.56. The molecule has 0 aromatic rings. The largest absolute Gasteiger partial charge is 0.394 e. The van der Waals surface area contributed by atoms with Crippen LogP contribution in [0.25, 0.3) is 0 Å². The Balaban J connectivity index is 2.11. The van der Waals surface area contributed by atoms with E-state index in [0.717, 1.165) is 32.6 Å². The second kappa shape index (κ2) is 5.25. The summed E-state index contributed by atoms with van der Waals surface area (Å²) in [5.41, 5.74) is 0.453. The third kappa shape index (κ3) is 3.01. The molecular formula is C14H28N2O. The zero-order valence-corrected chi connectivity index (χ0v) is 11.5. The summed E-state index contributed by atoms with van der Waals surface area (Å²) in [4.78, 5) is 2.56. The minimum atomic E-state index is 0.0633. The van der Waals surface area contributed by atoms with Gasteiger partial charge in [-0.15, -0.1) is 0 Å². The van der Waals surface area contributed by atoms with Gasteiger partial charge in [0, 0.05) is 25.2 Å². The molecule has 2 aliphatic rings. The molecule has 0 aromatic heterocycles. The predicted molar refractivity (Wildman–Crippen MR) is 71.1 cm³/mol. The molecule has 0 amide bonds. The normalized spacial score (nSPS) is 35.5. The standard InChI is InChI=1S/C14H28N2O/c1-13(2)5-3-6-14(11-13,12-17)16-9-4-7-15-8-10-16/h15,17H,3-12H2,1-2H3. The van der Waals surface area contributed by atoms with Crippen molar-refractivity contribution in [3.05, 3.63) is 0 Å². The van der Waals surface area contributed by atoms with Crippen molar-refractivity contribution in [3.63, 3.8) is 0 Å². The van der Waals surface area contributed by atoms with Gasteiger partial charge in [0.2, 0.25) is 0 Å². The highest BCUT2D eigenvalue weighted by molar-refractivity contribution is 4.98. The Morgan fingerprint density at radius 3 is 2.65 bits per heavy atom. The Morgan fingerprint density at radius 2 is 1.94 bits per heavy atom. The first-order valence-corrected chi connectivity index (χ1v) is 7.15. The fraction of sp³-hybridized carbons (Fsp3) is 1.00. The number of hydrogen-bond donors (Lipinski definition) is 2. The van der Waals surface area contributed by atoms with E-state index in [2.05, 4.69) is 24.1 Å². The van der Waals surface area contributed by atoms with Crippen LogP contribution in [0.2, 0.25) is 0 Å². The summed E-state index contributed by atoms with van der Waals surface area (Å²) >= 11 is 0.